The van der Waals surface area contributed by atoms with Crippen LogP contribution in [0.3, 0.4) is 0 Å². The van der Waals surface area contributed by atoms with Crippen molar-refractivity contribution in [2.75, 3.05) is 27.2 Å². The maximum atomic E-state index is 12.2. The number of hydrogen-bond donors (Lipinski definition) is 0. The normalized spacial score (nSPS) is 21.0. The summed E-state index contributed by atoms with van der Waals surface area (Å²) in [6, 6.07) is 0.606. The summed E-state index contributed by atoms with van der Waals surface area (Å²) >= 11 is 0. The second-order valence-corrected chi connectivity index (χ2v) is 5.96. The molecule has 2 rings (SSSR count). The summed E-state index contributed by atoms with van der Waals surface area (Å²) in [6.07, 6.45) is 10.1. The Balaban J connectivity index is 1.70. The van der Waals surface area contributed by atoms with Crippen LogP contribution in [0.15, 0.2) is 10.2 Å². The first-order valence-electron chi connectivity index (χ1n) is 7.38. The van der Waals surface area contributed by atoms with Crippen LogP contribution in [-0.4, -0.2) is 54.6 Å². The van der Waals surface area contributed by atoms with Gasteiger partial charge in [0.2, 0.25) is 5.91 Å². The van der Waals surface area contributed by atoms with Gasteiger partial charge in [-0.05, 0) is 26.9 Å². The molecule has 2 heterocycles. The second kappa shape index (κ2) is 6.36. The van der Waals surface area contributed by atoms with Crippen molar-refractivity contribution >= 4 is 5.91 Å². The number of carbonyl (C=O) groups excluding carboxylic acids is 1. The zero-order valence-corrected chi connectivity index (χ0v) is 12.5. The molecule has 0 aromatic carbocycles. The molecule has 0 unspecified atom stereocenters. The number of rotatable bonds is 6. The molecule has 2 aliphatic rings. The topological polar surface area (TPSA) is 48.3 Å². The third kappa shape index (κ3) is 3.80. The Morgan fingerprint density at radius 3 is 2.50 bits per heavy atom. The van der Waals surface area contributed by atoms with Gasteiger partial charge < -0.3 is 9.80 Å². The molecule has 0 aromatic rings. The minimum Gasteiger partial charge on any atom is -0.343 e. The third-order valence-corrected chi connectivity index (χ3v) is 4.34. The molecule has 0 atom stereocenters. The molecule has 110 valence electrons. The molecule has 20 heavy (non-hydrogen) atoms. The van der Waals surface area contributed by atoms with Gasteiger partial charge in [0.1, 0.15) is 0 Å². The van der Waals surface area contributed by atoms with E-state index in [0.29, 0.717) is 25.3 Å². The van der Waals surface area contributed by atoms with E-state index in [-0.39, 0.29) is 11.6 Å². The Morgan fingerprint density at radius 2 is 2.00 bits per heavy atom. The molecule has 1 fully saturated rings. The molecule has 0 aromatic heterocycles. The van der Waals surface area contributed by atoms with E-state index in [9.17, 15) is 4.79 Å². The van der Waals surface area contributed by atoms with Gasteiger partial charge >= 0.3 is 0 Å². The maximum absolute atomic E-state index is 12.2. The van der Waals surface area contributed by atoms with E-state index in [0.717, 1.165) is 32.4 Å². The van der Waals surface area contributed by atoms with Crippen molar-refractivity contribution in [2.45, 2.75) is 50.2 Å². The Hall–Kier alpha value is -1.41. The van der Waals surface area contributed by atoms with Gasteiger partial charge in [0.05, 0.1) is 0 Å². The van der Waals surface area contributed by atoms with Crippen molar-refractivity contribution in [3.8, 4) is 12.3 Å². The van der Waals surface area contributed by atoms with E-state index < -0.39 is 0 Å². The molecular formula is C15H24N4O. The molecule has 0 bridgehead atoms. The number of terminal acetylenes is 1. The minimum atomic E-state index is -0.329. The van der Waals surface area contributed by atoms with E-state index in [1.165, 1.54) is 0 Å². The van der Waals surface area contributed by atoms with Gasteiger partial charge in [-0.3, -0.25) is 4.79 Å². The van der Waals surface area contributed by atoms with E-state index in [1.807, 2.05) is 4.90 Å². The Kier molecular flexibility index (Phi) is 4.77. The summed E-state index contributed by atoms with van der Waals surface area (Å²) in [5, 5.41) is 8.15. The first kappa shape index (κ1) is 15.0. The van der Waals surface area contributed by atoms with Crippen LogP contribution in [0.1, 0.15) is 38.5 Å². The van der Waals surface area contributed by atoms with Crippen LogP contribution < -0.4 is 0 Å². The average molecular weight is 276 g/mol. The standard InChI is InChI=1S/C15H24N4O/c1-4-5-9-15(16-17-15)10-6-14(20)19-11-7-13(8-12-19)18(2)3/h1,13H,5-12H2,2-3H3. The molecule has 1 amide bonds. The van der Waals surface area contributed by atoms with E-state index in [1.54, 1.807) is 0 Å². The minimum absolute atomic E-state index is 0.236. The molecule has 0 saturated carbocycles. The predicted molar refractivity (Wildman–Crippen MR) is 78.2 cm³/mol. The molecule has 0 aliphatic carbocycles. The summed E-state index contributed by atoms with van der Waals surface area (Å²) in [5.41, 5.74) is -0.329. The Bertz CT molecular complexity index is 410. The van der Waals surface area contributed by atoms with Gasteiger partial charge in [0.25, 0.3) is 0 Å². The lowest BCUT2D eigenvalue weighted by Gasteiger charge is -2.35. The number of carbonyl (C=O) groups is 1. The quantitative estimate of drug-likeness (QED) is 0.696. The smallest absolute Gasteiger partial charge is 0.222 e. The van der Waals surface area contributed by atoms with Gasteiger partial charge in [-0.2, -0.15) is 10.2 Å². The van der Waals surface area contributed by atoms with E-state index in [2.05, 4.69) is 35.1 Å². The lowest BCUT2D eigenvalue weighted by atomic mass is 10.00. The largest absolute Gasteiger partial charge is 0.343 e. The first-order valence-corrected chi connectivity index (χ1v) is 7.38. The fourth-order valence-corrected chi connectivity index (χ4v) is 2.76. The van der Waals surface area contributed by atoms with Gasteiger partial charge in [-0.1, -0.05) is 0 Å². The molecule has 0 radical (unpaired) electrons. The summed E-state index contributed by atoms with van der Waals surface area (Å²) in [4.78, 5) is 16.4. The van der Waals surface area contributed by atoms with Crippen molar-refractivity contribution in [2.24, 2.45) is 10.2 Å². The molecule has 2 aliphatic heterocycles. The average Bonchev–Trinajstić information content (AvgIpc) is 3.23. The van der Waals surface area contributed by atoms with Crippen LogP contribution in [0, 0.1) is 12.3 Å². The van der Waals surface area contributed by atoms with Gasteiger partial charge in [0.15, 0.2) is 5.66 Å². The van der Waals surface area contributed by atoms with Gasteiger partial charge in [-0.25, -0.2) is 0 Å². The van der Waals surface area contributed by atoms with E-state index in [4.69, 9.17) is 6.42 Å². The number of nitrogens with zero attached hydrogens (tertiary/aromatic N) is 4. The Labute approximate surface area is 121 Å². The summed E-state index contributed by atoms with van der Waals surface area (Å²) in [7, 11) is 4.21. The fraction of sp³-hybridized carbons (Fsp3) is 0.800. The third-order valence-electron chi connectivity index (χ3n) is 4.34. The molecule has 5 heteroatoms. The van der Waals surface area contributed by atoms with Crippen molar-refractivity contribution in [1.29, 1.82) is 0 Å². The summed E-state index contributed by atoms with van der Waals surface area (Å²) in [6.45, 7) is 1.74. The lowest BCUT2D eigenvalue weighted by molar-refractivity contribution is -0.132. The highest BCUT2D eigenvalue weighted by atomic mass is 16.2. The fourth-order valence-electron chi connectivity index (χ4n) is 2.76. The van der Waals surface area contributed by atoms with Crippen molar-refractivity contribution in [1.82, 2.24) is 9.80 Å². The number of likely N-dealkylation sites (tertiary alicyclic amines) is 1. The highest BCUT2D eigenvalue weighted by molar-refractivity contribution is 5.76. The second-order valence-electron chi connectivity index (χ2n) is 5.96. The number of amides is 1. The highest BCUT2D eigenvalue weighted by Crippen LogP contribution is 2.37. The number of piperidine rings is 1. The molecular weight excluding hydrogens is 252 g/mol. The molecule has 0 N–H and O–H groups in total. The monoisotopic (exact) mass is 276 g/mol. The van der Waals surface area contributed by atoms with Crippen LogP contribution >= 0.6 is 0 Å². The summed E-state index contributed by atoms with van der Waals surface area (Å²) < 4.78 is 0. The SMILES string of the molecule is C#CCCC1(CCC(=O)N2CCC(N(C)C)CC2)N=N1. The first-order chi connectivity index (χ1) is 9.56. The zero-order valence-electron chi connectivity index (χ0n) is 12.5. The van der Waals surface area contributed by atoms with Crippen LogP contribution in [0.25, 0.3) is 0 Å². The lowest BCUT2D eigenvalue weighted by Crippen LogP contribution is -2.44. The highest BCUT2D eigenvalue weighted by Gasteiger charge is 2.39. The van der Waals surface area contributed by atoms with Crippen molar-refractivity contribution < 1.29 is 4.79 Å². The summed E-state index contributed by atoms with van der Waals surface area (Å²) in [5.74, 6) is 2.85. The van der Waals surface area contributed by atoms with Crippen LogP contribution in [0.2, 0.25) is 0 Å². The van der Waals surface area contributed by atoms with E-state index >= 15 is 0 Å². The van der Waals surface area contributed by atoms with Gasteiger partial charge in [0, 0.05) is 44.8 Å². The van der Waals surface area contributed by atoms with Crippen LogP contribution in [0.4, 0.5) is 0 Å². The maximum Gasteiger partial charge on any atom is 0.222 e. The number of hydrogen-bond acceptors (Lipinski definition) is 4. The van der Waals surface area contributed by atoms with Crippen molar-refractivity contribution in [3.63, 3.8) is 0 Å². The Morgan fingerprint density at radius 1 is 1.35 bits per heavy atom. The predicted octanol–water partition coefficient (Wildman–Crippen LogP) is 1.89. The zero-order chi connectivity index (χ0) is 14.6. The van der Waals surface area contributed by atoms with Gasteiger partial charge in [-0.15, -0.1) is 12.3 Å². The molecule has 5 nitrogen and oxygen atoms in total. The van der Waals surface area contributed by atoms with Crippen LogP contribution in [0.5, 0.6) is 0 Å². The van der Waals surface area contributed by atoms with Crippen LogP contribution in [-0.2, 0) is 4.79 Å². The molecule has 1 saturated heterocycles. The molecule has 0 spiro atoms. The van der Waals surface area contributed by atoms with Crippen molar-refractivity contribution in [3.05, 3.63) is 0 Å².